The van der Waals surface area contributed by atoms with E-state index in [0.29, 0.717) is 52.6 Å². The zero-order valence-electron chi connectivity index (χ0n) is 20.6. The van der Waals surface area contributed by atoms with E-state index >= 15 is 0 Å². The molecular weight excluding hydrogens is 475 g/mol. The zero-order chi connectivity index (χ0) is 25.9. The molecule has 1 fully saturated rings. The van der Waals surface area contributed by atoms with E-state index in [9.17, 15) is 14.0 Å². The SMILES string of the molecule is CC1C(=O)NCCN1c1nc(-c2nn(Cc3ccccc3F)c3ncccc23)nc2c1C(C)(C)C(=O)N2. The molecule has 2 aliphatic heterocycles. The lowest BCUT2D eigenvalue weighted by atomic mass is 9.86. The molecule has 4 aromatic rings. The van der Waals surface area contributed by atoms with Gasteiger partial charge in [0, 0.05) is 24.8 Å². The molecule has 2 N–H and O–H groups in total. The van der Waals surface area contributed by atoms with Crippen molar-refractivity contribution in [2.24, 2.45) is 0 Å². The summed E-state index contributed by atoms with van der Waals surface area (Å²) in [5.74, 6) is 0.567. The lowest BCUT2D eigenvalue weighted by molar-refractivity contribution is -0.123. The quantitative estimate of drug-likeness (QED) is 0.442. The summed E-state index contributed by atoms with van der Waals surface area (Å²) in [7, 11) is 0. The molecule has 0 radical (unpaired) electrons. The van der Waals surface area contributed by atoms with Crippen LogP contribution in [0.3, 0.4) is 0 Å². The second-order valence-corrected chi connectivity index (χ2v) is 9.81. The van der Waals surface area contributed by atoms with Crippen molar-refractivity contribution >= 4 is 34.5 Å². The van der Waals surface area contributed by atoms with Crippen LogP contribution >= 0.6 is 0 Å². The highest BCUT2D eigenvalue weighted by Gasteiger charge is 2.45. The number of anilines is 2. The number of rotatable bonds is 4. The van der Waals surface area contributed by atoms with Gasteiger partial charge in [-0.2, -0.15) is 5.10 Å². The number of piperazine rings is 1. The predicted octanol–water partition coefficient (Wildman–Crippen LogP) is 2.63. The average Bonchev–Trinajstić information content (AvgIpc) is 3.35. The Morgan fingerprint density at radius 3 is 2.76 bits per heavy atom. The number of hydrogen-bond acceptors (Lipinski definition) is 7. The van der Waals surface area contributed by atoms with Crippen LogP contribution in [-0.4, -0.2) is 55.7 Å². The summed E-state index contributed by atoms with van der Waals surface area (Å²) in [6.07, 6.45) is 1.65. The van der Waals surface area contributed by atoms with Crippen LogP contribution in [0.2, 0.25) is 0 Å². The third-order valence-electron chi connectivity index (χ3n) is 7.08. The Morgan fingerprint density at radius 2 is 1.95 bits per heavy atom. The minimum atomic E-state index is -0.884. The second kappa shape index (κ2) is 8.32. The summed E-state index contributed by atoms with van der Waals surface area (Å²) in [5, 5.41) is 11.2. The molecule has 0 spiro atoms. The van der Waals surface area contributed by atoms with Crippen molar-refractivity contribution < 1.29 is 14.0 Å². The van der Waals surface area contributed by atoms with E-state index in [-0.39, 0.29) is 30.0 Å². The van der Waals surface area contributed by atoms with Crippen molar-refractivity contribution in [1.82, 2.24) is 30.0 Å². The first-order valence-corrected chi connectivity index (χ1v) is 12.1. The number of nitrogens with zero attached hydrogens (tertiary/aromatic N) is 6. The summed E-state index contributed by atoms with van der Waals surface area (Å²) < 4.78 is 16.1. The molecule has 11 heteroatoms. The van der Waals surface area contributed by atoms with Crippen LogP contribution in [0.4, 0.5) is 16.0 Å². The molecule has 1 atom stereocenters. The fourth-order valence-corrected chi connectivity index (χ4v) is 4.95. The van der Waals surface area contributed by atoms with Gasteiger partial charge in [0.1, 0.15) is 29.2 Å². The van der Waals surface area contributed by atoms with E-state index in [0.717, 1.165) is 0 Å². The van der Waals surface area contributed by atoms with Crippen LogP contribution in [0.1, 0.15) is 31.9 Å². The Morgan fingerprint density at radius 1 is 1.14 bits per heavy atom. The van der Waals surface area contributed by atoms with Crippen LogP contribution in [-0.2, 0) is 21.5 Å². The average molecular weight is 501 g/mol. The smallest absolute Gasteiger partial charge is 0.242 e. The van der Waals surface area contributed by atoms with Gasteiger partial charge in [0.2, 0.25) is 11.8 Å². The fraction of sp³-hybridized carbons (Fsp3) is 0.308. The largest absolute Gasteiger partial charge is 0.353 e. The third kappa shape index (κ3) is 3.61. The summed E-state index contributed by atoms with van der Waals surface area (Å²) >= 11 is 0. The van der Waals surface area contributed by atoms with Crippen LogP contribution in [0.25, 0.3) is 22.6 Å². The molecule has 0 aliphatic carbocycles. The first-order chi connectivity index (χ1) is 17.8. The maximum absolute atomic E-state index is 14.4. The predicted molar refractivity (Wildman–Crippen MR) is 136 cm³/mol. The molecule has 1 unspecified atom stereocenters. The number of benzene rings is 1. The first-order valence-electron chi connectivity index (χ1n) is 12.1. The number of halogens is 1. The topological polar surface area (TPSA) is 118 Å². The molecule has 2 amide bonds. The number of hydrogen-bond donors (Lipinski definition) is 2. The molecule has 0 saturated carbocycles. The molecule has 5 heterocycles. The molecular formula is C26H25FN8O2. The van der Waals surface area contributed by atoms with Gasteiger partial charge in [0.25, 0.3) is 0 Å². The summed E-state index contributed by atoms with van der Waals surface area (Å²) in [4.78, 5) is 41.4. The number of carbonyl (C=O) groups is 2. The van der Waals surface area contributed by atoms with Crippen LogP contribution < -0.4 is 15.5 Å². The van der Waals surface area contributed by atoms with Gasteiger partial charge in [-0.05, 0) is 39.0 Å². The molecule has 37 heavy (non-hydrogen) atoms. The van der Waals surface area contributed by atoms with E-state index in [1.165, 1.54) is 6.07 Å². The molecule has 0 bridgehead atoms. The zero-order valence-corrected chi connectivity index (χ0v) is 20.6. The molecule has 3 aromatic heterocycles. The van der Waals surface area contributed by atoms with Crippen LogP contribution in [0.15, 0.2) is 42.6 Å². The monoisotopic (exact) mass is 500 g/mol. The molecule has 6 rings (SSSR count). The minimum Gasteiger partial charge on any atom is -0.353 e. The van der Waals surface area contributed by atoms with Crippen molar-refractivity contribution in [2.45, 2.75) is 38.8 Å². The lowest BCUT2D eigenvalue weighted by Crippen LogP contribution is -2.54. The number of carbonyl (C=O) groups excluding carboxylic acids is 2. The fourth-order valence-electron chi connectivity index (χ4n) is 4.95. The van der Waals surface area contributed by atoms with Gasteiger partial charge in [0.15, 0.2) is 11.5 Å². The maximum Gasteiger partial charge on any atom is 0.242 e. The van der Waals surface area contributed by atoms with Gasteiger partial charge in [-0.25, -0.2) is 24.0 Å². The van der Waals surface area contributed by atoms with Gasteiger partial charge in [-0.3, -0.25) is 9.59 Å². The highest BCUT2D eigenvalue weighted by molar-refractivity contribution is 6.07. The molecule has 1 saturated heterocycles. The van der Waals surface area contributed by atoms with Crippen molar-refractivity contribution in [3.63, 3.8) is 0 Å². The van der Waals surface area contributed by atoms with Gasteiger partial charge < -0.3 is 15.5 Å². The van der Waals surface area contributed by atoms with Gasteiger partial charge >= 0.3 is 0 Å². The second-order valence-electron chi connectivity index (χ2n) is 9.81. The normalized spacial score (nSPS) is 18.6. The van der Waals surface area contributed by atoms with E-state index in [4.69, 9.17) is 15.1 Å². The van der Waals surface area contributed by atoms with Crippen LogP contribution in [0.5, 0.6) is 0 Å². The standard InChI is InChI=1S/C26H25FN8O2/c1-14-24(36)29-11-12-34(14)23-18-20(32-25(37)26(18,2)3)30-21(31-23)19-16-8-6-10-28-22(16)35(33-19)13-15-7-4-5-9-17(15)27/h4-10,14H,11-13H2,1-3H3,(H,29,36)(H,30,31,32,37). The van der Waals surface area contributed by atoms with Crippen molar-refractivity contribution in [2.75, 3.05) is 23.3 Å². The number of nitrogens with one attached hydrogen (secondary N) is 2. The van der Waals surface area contributed by atoms with E-state index < -0.39 is 11.5 Å². The number of aromatic nitrogens is 5. The number of amides is 2. The first kappa shape index (κ1) is 23.0. The van der Waals surface area contributed by atoms with Crippen LogP contribution in [0, 0.1) is 5.82 Å². The van der Waals surface area contributed by atoms with Crippen molar-refractivity contribution in [3.8, 4) is 11.5 Å². The highest BCUT2D eigenvalue weighted by atomic mass is 19.1. The summed E-state index contributed by atoms with van der Waals surface area (Å²) in [6, 6.07) is 9.69. The van der Waals surface area contributed by atoms with Gasteiger partial charge in [-0.1, -0.05) is 18.2 Å². The molecule has 10 nitrogen and oxygen atoms in total. The Labute approximate surface area is 211 Å². The third-order valence-corrected chi connectivity index (χ3v) is 7.08. The Bertz CT molecular complexity index is 1580. The molecule has 2 aliphatic rings. The van der Waals surface area contributed by atoms with Crippen molar-refractivity contribution in [1.29, 1.82) is 0 Å². The Hall–Kier alpha value is -4.41. The Balaban J connectivity index is 1.54. The summed E-state index contributed by atoms with van der Waals surface area (Å²) in [6.45, 7) is 6.61. The van der Waals surface area contributed by atoms with E-state index in [1.807, 2.05) is 31.7 Å². The van der Waals surface area contributed by atoms with E-state index in [1.54, 1.807) is 35.1 Å². The van der Waals surface area contributed by atoms with E-state index in [2.05, 4.69) is 15.6 Å². The lowest BCUT2D eigenvalue weighted by Gasteiger charge is -2.36. The molecule has 1 aromatic carbocycles. The molecule has 188 valence electrons. The Kier molecular flexibility index (Phi) is 5.18. The highest BCUT2D eigenvalue weighted by Crippen LogP contribution is 2.43. The van der Waals surface area contributed by atoms with Gasteiger partial charge in [-0.15, -0.1) is 0 Å². The maximum atomic E-state index is 14.4. The minimum absolute atomic E-state index is 0.112. The number of fused-ring (bicyclic) bond motifs is 2. The van der Waals surface area contributed by atoms with Crippen molar-refractivity contribution in [3.05, 3.63) is 59.5 Å². The number of pyridine rings is 1. The summed E-state index contributed by atoms with van der Waals surface area (Å²) in [5.41, 5.74) is 1.25. The van der Waals surface area contributed by atoms with Gasteiger partial charge in [0.05, 0.1) is 22.9 Å².